The molecule has 0 unspecified atom stereocenters. The number of esters is 1. The number of hydrogen-bond acceptors (Lipinski definition) is 6. The molecule has 0 atom stereocenters. The number of rotatable bonds is 7. The van der Waals surface area contributed by atoms with Crippen molar-refractivity contribution in [2.45, 2.75) is 76.9 Å². The standard InChI is InChI=1S/C26H35N3O4/c1-20-8-9-24(27-19-20)29(25(31)23-7-6-18-32-23)22-10-15-28(16-11-22)17-14-26(33-21(2)30)12-4-3-5-13-26/h6-9,18-19,22H,3-5,10-17H2,1-2H3. The molecule has 7 nitrogen and oxygen atoms in total. The molecule has 2 fully saturated rings. The Kier molecular flexibility index (Phi) is 7.48. The van der Waals surface area contributed by atoms with Crippen LogP contribution in [0.15, 0.2) is 41.1 Å². The molecule has 1 aliphatic carbocycles. The largest absolute Gasteiger partial charge is 0.459 e. The lowest BCUT2D eigenvalue weighted by molar-refractivity contribution is -0.162. The number of amides is 1. The van der Waals surface area contributed by atoms with E-state index in [2.05, 4.69) is 9.88 Å². The van der Waals surface area contributed by atoms with Gasteiger partial charge in [0.25, 0.3) is 5.91 Å². The first kappa shape index (κ1) is 23.5. The summed E-state index contributed by atoms with van der Waals surface area (Å²) in [5.74, 6) is 0.677. The first-order chi connectivity index (χ1) is 16.0. The van der Waals surface area contributed by atoms with Crippen molar-refractivity contribution in [2.75, 3.05) is 24.5 Å². The van der Waals surface area contributed by atoms with Crippen LogP contribution in [0.25, 0.3) is 0 Å². The zero-order valence-corrected chi connectivity index (χ0v) is 19.8. The smallest absolute Gasteiger partial charge is 0.303 e. The predicted molar refractivity (Wildman–Crippen MR) is 126 cm³/mol. The third-order valence-corrected chi connectivity index (χ3v) is 7.02. The van der Waals surface area contributed by atoms with Gasteiger partial charge in [0, 0.05) is 38.8 Å². The van der Waals surface area contributed by atoms with Crippen molar-refractivity contribution in [3.63, 3.8) is 0 Å². The first-order valence-electron chi connectivity index (χ1n) is 12.2. The Bertz CT molecular complexity index is 912. The Morgan fingerprint density at radius 1 is 1.18 bits per heavy atom. The zero-order valence-electron chi connectivity index (χ0n) is 19.8. The second-order valence-electron chi connectivity index (χ2n) is 9.51. The average molecular weight is 454 g/mol. The van der Waals surface area contributed by atoms with Crippen LogP contribution < -0.4 is 4.90 Å². The summed E-state index contributed by atoms with van der Waals surface area (Å²) in [5, 5.41) is 0. The van der Waals surface area contributed by atoms with E-state index < -0.39 is 0 Å². The minimum absolute atomic E-state index is 0.0613. The molecule has 33 heavy (non-hydrogen) atoms. The number of nitrogens with zero attached hydrogens (tertiary/aromatic N) is 3. The molecule has 2 aromatic rings. The maximum atomic E-state index is 13.3. The van der Waals surface area contributed by atoms with Crippen LogP contribution in [-0.2, 0) is 9.53 Å². The minimum Gasteiger partial charge on any atom is -0.459 e. The molecule has 0 spiro atoms. The number of likely N-dealkylation sites (tertiary alicyclic amines) is 1. The first-order valence-corrected chi connectivity index (χ1v) is 12.2. The number of anilines is 1. The number of carbonyl (C=O) groups is 2. The van der Waals surface area contributed by atoms with Crippen LogP contribution >= 0.6 is 0 Å². The molecule has 2 aromatic heterocycles. The number of furan rings is 1. The number of aromatic nitrogens is 1. The third-order valence-electron chi connectivity index (χ3n) is 7.02. The van der Waals surface area contributed by atoms with Gasteiger partial charge in [-0.1, -0.05) is 12.5 Å². The third kappa shape index (κ3) is 5.82. The topological polar surface area (TPSA) is 75.9 Å². The molecule has 1 aliphatic heterocycles. The fraction of sp³-hybridized carbons (Fsp3) is 0.577. The minimum atomic E-state index is -0.298. The van der Waals surface area contributed by atoms with Gasteiger partial charge in [-0.3, -0.25) is 14.5 Å². The van der Waals surface area contributed by atoms with Gasteiger partial charge in [-0.2, -0.15) is 0 Å². The normalized spacial score (nSPS) is 19.2. The molecule has 7 heteroatoms. The van der Waals surface area contributed by atoms with E-state index in [1.54, 1.807) is 23.2 Å². The van der Waals surface area contributed by atoms with Gasteiger partial charge in [-0.25, -0.2) is 4.98 Å². The molecule has 1 amide bonds. The molecule has 178 valence electrons. The van der Waals surface area contributed by atoms with E-state index in [0.29, 0.717) is 11.6 Å². The molecule has 0 bridgehead atoms. The number of carbonyl (C=O) groups excluding carboxylic acids is 2. The Balaban J connectivity index is 1.40. The molecule has 0 N–H and O–H groups in total. The summed E-state index contributed by atoms with van der Waals surface area (Å²) in [6, 6.07) is 7.40. The highest BCUT2D eigenvalue weighted by atomic mass is 16.6. The molecule has 0 radical (unpaired) electrons. The Labute approximate surface area is 196 Å². The molecular formula is C26H35N3O4. The van der Waals surface area contributed by atoms with Gasteiger partial charge >= 0.3 is 5.97 Å². The van der Waals surface area contributed by atoms with Crippen LogP contribution in [0.3, 0.4) is 0 Å². The molecule has 4 rings (SSSR count). The van der Waals surface area contributed by atoms with Crippen molar-refractivity contribution in [1.29, 1.82) is 0 Å². The SMILES string of the molecule is CC(=O)OC1(CCN2CCC(N(C(=O)c3ccco3)c3ccc(C)cn3)CC2)CCCCC1. The Morgan fingerprint density at radius 2 is 1.94 bits per heavy atom. The van der Waals surface area contributed by atoms with Gasteiger partial charge in [-0.05, 0) is 75.6 Å². The van der Waals surface area contributed by atoms with Crippen molar-refractivity contribution >= 4 is 17.7 Å². The molecule has 1 saturated carbocycles. The van der Waals surface area contributed by atoms with Crippen molar-refractivity contribution in [1.82, 2.24) is 9.88 Å². The molecular weight excluding hydrogens is 418 g/mol. The average Bonchev–Trinajstić information content (AvgIpc) is 3.35. The van der Waals surface area contributed by atoms with Crippen LogP contribution in [-0.4, -0.2) is 53.0 Å². The second kappa shape index (κ2) is 10.5. The van der Waals surface area contributed by atoms with Gasteiger partial charge in [0.2, 0.25) is 0 Å². The van der Waals surface area contributed by atoms with Crippen LogP contribution in [0.4, 0.5) is 5.82 Å². The van der Waals surface area contributed by atoms with Crippen molar-refractivity contribution in [2.24, 2.45) is 0 Å². The number of ether oxygens (including phenoxy) is 1. The summed E-state index contributed by atoms with van der Waals surface area (Å²) < 4.78 is 11.2. The Hall–Kier alpha value is -2.67. The summed E-state index contributed by atoms with van der Waals surface area (Å²) in [4.78, 5) is 33.8. The van der Waals surface area contributed by atoms with Gasteiger partial charge in [0.1, 0.15) is 11.4 Å². The van der Waals surface area contributed by atoms with Crippen LogP contribution in [0, 0.1) is 6.92 Å². The van der Waals surface area contributed by atoms with Gasteiger partial charge in [0.15, 0.2) is 5.76 Å². The quantitative estimate of drug-likeness (QED) is 0.563. The molecule has 2 aliphatic rings. The lowest BCUT2D eigenvalue weighted by atomic mass is 9.82. The van der Waals surface area contributed by atoms with E-state index in [1.807, 2.05) is 19.1 Å². The van der Waals surface area contributed by atoms with E-state index in [1.165, 1.54) is 19.6 Å². The fourth-order valence-corrected chi connectivity index (χ4v) is 5.25. The Morgan fingerprint density at radius 3 is 2.55 bits per heavy atom. The van der Waals surface area contributed by atoms with E-state index >= 15 is 0 Å². The van der Waals surface area contributed by atoms with Crippen LogP contribution in [0.2, 0.25) is 0 Å². The van der Waals surface area contributed by atoms with Gasteiger partial charge < -0.3 is 14.1 Å². The number of hydrogen-bond donors (Lipinski definition) is 0. The highest BCUT2D eigenvalue weighted by Crippen LogP contribution is 2.35. The zero-order chi connectivity index (χ0) is 23.3. The summed E-state index contributed by atoms with van der Waals surface area (Å²) in [5.41, 5.74) is 0.761. The highest BCUT2D eigenvalue weighted by Gasteiger charge is 2.37. The lowest BCUT2D eigenvalue weighted by Gasteiger charge is -2.41. The van der Waals surface area contributed by atoms with Gasteiger partial charge in [-0.15, -0.1) is 0 Å². The van der Waals surface area contributed by atoms with E-state index in [9.17, 15) is 9.59 Å². The maximum Gasteiger partial charge on any atom is 0.303 e. The monoisotopic (exact) mass is 453 g/mol. The highest BCUT2D eigenvalue weighted by molar-refractivity contribution is 6.04. The summed E-state index contributed by atoms with van der Waals surface area (Å²) in [6.07, 6.45) is 11.3. The van der Waals surface area contributed by atoms with Crippen molar-refractivity contribution in [3.8, 4) is 0 Å². The summed E-state index contributed by atoms with van der Waals surface area (Å²) >= 11 is 0. The molecule has 0 aromatic carbocycles. The second-order valence-corrected chi connectivity index (χ2v) is 9.51. The molecule has 3 heterocycles. The predicted octanol–water partition coefficient (Wildman–Crippen LogP) is 4.75. The van der Waals surface area contributed by atoms with Gasteiger partial charge in [0.05, 0.1) is 6.26 Å². The fourth-order valence-electron chi connectivity index (χ4n) is 5.25. The summed E-state index contributed by atoms with van der Waals surface area (Å²) in [7, 11) is 0. The van der Waals surface area contributed by atoms with E-state index in [-0.39, 0.29) is 23.5 Å². The van der Waals surface area contributed by atoms with Crippen LogP contribution in [0.1, 0.15) is 74.4 Å². The number of pyridine rings is 1. The molecule has 1 saturated heterocycles. The number of piperidine rings is 1. The van der Waals surface area contributed by atoms with E-state index in [0.717, 1.165) is 70.1 Å². The van der Waals surface area contributed by atoms with E-state index in [4.69, 9.17) is 9.15 Å². The summed E-state index contributed by atoms with van der Waals surface area (Å²) in [6.45, 7) is 6.21. The van der Waals surface area contributed by atoms with Crippen molar-refractivity contribution in [3.05, 3.63) is 48.0 Å². The number of aryl methyl sites for hydroxylation is 1. The van der Waals surface area contributed by atoms with Crippen LogP contribution in [0.5, 0.6) is 0 Å². The lowest BCUT2D eigenvalue weighted by Crippen LogP contribution is -2.49. The maximum absolute atomic E-state index is 13.3. The van der Waals surface area contributed by atoms with Crippen molar-refractivity contribution < 1.29 is 18.7 Å².